The number of nitrogens with zero attached hydrogens (tertiary/aromatic N) is 4. The maximum Gasteiger partial charge on any atom is 0.251 e. The molecule has 0 radical (unpaired) electrons. The molecule has 1 aromatic heterocycles. The van der Waals surface area contributed by atoms with E-state index in [1.54, 1.807) is 0 Å². The van der Waals surface area contributed by atoms with Gasteiger partial charge in [-0.2, -0.15) is 0 Å². The molecule has 1 aliphatic rings. The third-order valence-corrected chi connectivity index (χ3v) is 6.05. The van der Waals surface area contributed by atoms with Crippen molar-refractivity contribution in [3.8, 4) is 0 Å². The minimum Gasteiger partial charge on any atom is -0.348 e. The molecule has 0 unspecified atom stereocenters. The Morgan fingerprint density at radius 1 is 0.812 bits per heavy atom. The Morgan fingerprint density at radius 3 is 2.25 bits per heavy atom. The van der Waals surface area contributed by atoms with Crippen LogP contribution in [0.3, 0.4) is 0 Å². The van der Waals surface area contributed by atoms with Crippen molar-refractivity contribution in [2.45, 2.75) is 32.5 Å². The Kier molecular flexibility index (Phi) is 5.94. The molecular weight excluding hydrogens is 398 g/mol. The Bertz CT molecular complexity index is 1190. The molecule has 162 valence electrons. The predicted molar refractivity (Wildman–Crippen MR) is 125 cm³/mol. The Labute approximate surface area is 187 Å². The maximum atomic E-state index is 12.6. The lowest BCUT2D eigenvalue weighted by Gasteiger charge is -2.14. The molecule has 1 saturated heterocycles. The van der Waals surface area contributed by atoms with E-state index >= 15 is 0 Å². The van der Waals surface area contributed by atoms with Gasteiger partial charge in [0.2, 0.25) is 0 Å². The SMILES string of the molecule is O=C(NCc1ccc(CN2CCCC2)cc1)c1ccc(Cn2nnc3ccccc32)cc1. The van der Waals surface area contributed by atoms with Crippen LogP contribution in [0, 0.1) is 0 Å². The van der Waals surface area contributed by atoms with E-state index in [0.717, 1.165) is 28.7 Å². The lowest BCUT2D eigenvalue weighted by atomic mass is 10.1. The number of aromatic nitrogens is 3. The van der Waals surface area contributed by atoms with Crippen molar-refractivity contribution < 1.29 is 4.79 Å². The number of amides is 1. The fourth-order valence-corrected chi connectivity index (χ4v) is 4.21. The average molecular weight is 426 g/mol. The molecule has 6 heteroatoms. The fraction of sp³-hybridized carbons (Fsp3) is 0.269. The first-order valence-electron chi connectivity index (χ1n) is 11.2. The Balaban J connectivity index is 1.15. The van der Waals surface area contributed by atoms with Crippen molar-refractivity contribution >= 4 is 16.9 Å². The van der Waals surface area contributed by atoms with E-state index in [2.05, 4.69) is 44.8 Å². The molecule has 1 amide bonds. The van der Waals surface area contributed by atoms with E-state index < -0.39 is 0 Å². The van der Waals surface area contributed by atoms with Crippen molar-refractivity contribution in [1.82, 2.24) is 25.2 Å². The number of hydrogen-bond acceptors (Lipinski definition) is 4. The third-order valence-electron chi connectivity index (χ3n) is 6.05. The van der Waals surface area contributed by atoms with Crippen LogP contribution in [0.15, 0.2) is 72.8 Å². The summed E-state index contributed by atoms with van der Waals surface area (Å²) >= 11 is 0. The summed E-state index contributed by atoms with van der Waals surface area (Å²) in [5, 5.41) is 11.4. The van der Waals surface area contributed by atoms with E-state index in [4.69, 9.17) is 0 Å². The van der Waals surface area contributed by atoms with Crippen LogP contribution in [0.25, 0.3) is 11.0 Å². The van der Waals surface area contributed by atoms with E-state index in [0.29, 0.717) is 18.7 Å². The molecule has 0 bridgehead atoms. The number of likely N-dealkylation sites (tertiary alicyclic amines) is 1. The highest BCUT2D eigenvalue weighted by atomic mass is 16.1. The van der Waals surface area contributed by atoms with Gasteiger partial charge in [0, 0.05) is 18.7 Å². The molecule has 32 heavy (non-hydrogen) atoms. The number of nitrogens with one attached hydrogen (secondary N) is 1. The topological polar surface area (TPSA) is 63.1 Å². The van der Waals surface area contributed by atoms with Crippen molar-refractivity contribution in [3.05, 3.63) is 95.1 Å². The van der Waals surface area contributed by atoms with Gasteiger partial charge in [0.1, 0.15) is 5.52 Å². The minimum absolute atomic E-state index is 0.0658. The average Bonchev–Trinajstić information content (AvgIpc) is 3.49. The number of rotatable bonds is 7. The van der Waals surface area contributed by atoms with Gasteiger partial charge in [0.05, 0.1) is 12.1 Å². The molecule has 0 saturated carbocycles. The lowest BCUT2D eigenvalue weighted by molar-refractivity contribution is 0.0951. The van der Waals surface area contributed by atoms with Crippen molar-refractivity contribution in [3.63, 3.8) is 0 Å². The molecule has 2 heterocycles. The van der Waals surface area contributed by atoms with Crippen molar-refractivity contribution in [2.75, 3.05) is 13.1 Å². The van der Waals surface area contributed by atoms with E-state index in [1.165, 1.54) is 31.5 Å². The van der Waals surface area contributed by atoms with E-state index in [1.807, 2.05) is 53.2 Å². The Hall–Kier alpha value is -3.51. The fourth-order valence-electron chi connectivity index (χ4n) is 4.21. The smallest absolute Gasteiger partial charge is 0.251 e. The van der Waals surface area contributed by atoms with Crippen LogP contribution in [0.2, 0.25) is 0 Å². The molecule has 0 atom stereocenters. The summed E-state index contributed by atoms with van der Waals surface area (Å²) in [6, 6.07) is 24.1. The number of carbonyl (C=O) groups is 1. The Morgan fingerprint density at radius 2 is 1.47 bits per heavy atom. The minimum atomic E-state index is -0.0658. The van der Waals surface area contributed by atoms with Crippen molar-refractivity contribution in [1.29, 1.82) is 0 Å². The predicted octanol–water partition coefficient (Wildman–Crippen LogP) is 4.01. The zero-order valence-electron chi connectivity index (χ0n) is 18.1. The molecule has 0 spiro atoms. The summed E-state index contributed by atoms with van der Waals surface area (Å²) in [7, 11) is 0. The summed E-state index contributed by atoms with van der Waals surface area (Å²) in [6.07, 6.45) is 2.62. The molecule has 6 nitrogen and oxygen atoms in total. The monoisotopic (exact) mass is 425 g/mol. The van der Waals surface area contributed by atoms with Crippen LogP contribution in [0.5, 0.6) is 0 Å². The van der Waals surface area contributed by atoms with Gasteiger partial charge < -0.3 is 5.32 Å². The lowest BCUT2D eigenvalue weighted by Crippen LogP contribution is -2.23. The van der Waals surface area contributed by atoms with Crippen molar-refractivity contribution in [2.24, 2.45) is 0 Å². The van der Waals surface area contributed by atoms with Gasteiger partial charge in [-0.3, -0.25) is 9.69 Å². The van der Waals surface area contributed by atoms with Gasteiger partial charge in [0.25, 0.3) is 5.91 Å². The first kappa shape index (κ1) is 20.4. The van der Waals surface area contributed by atoms with Gasteiger partial charge in [-0.25, -0.2) is 4.68 Å². The summed E-state index contributed by atoms with van der Waals surface area (Å²) in [4.78, 5) is 15.1. The largest absolute Gasteiger partial charge is 0.348 e. The van der Waals surface area contributed by atoms with Crippen LogP contribution in [0.4, 0.5) is 0 Å². The quantitative estimate of drug-likeness (QED) is 0.486. The first-order chi connectivity index (χ1) is 15.7. The molecule has 1 fully saturated rings. The highest BCUT2D eigenvalue weighted by Crippen LogP contribution is 2.15. The standard InChI is InChI=1S/C26H27N5O/c32-26(27-17-20-7-9-21(10-8-20)18-30-15-3-4-16-30)23-13-11-22(12-14-23)19-31-25-6-2-1-5-24(25)28-29-31/h1-2,5-14H,3-4,15-19H2,(H,27,32). The van der Waals surface area contributed by atoms with Gasteiger partial charge >= 0.3 is 0 Å². The van der Waals surface area contributed by atoms with Crippen LogP contribution in [0.1, 0.15) is 39.9 Å². The van der Waals surface area contributed by atoms with Crippen LogP contribution >= 0.6 is 0 Å². The molecule has 1 N–H and O–H groups in total. The normalized spacial score (nSPS) is 14.1. The second-order valence-corrected chi connectivity index (χ2v) is 8.42. The molecule has 3 aromatic carbocycles. The molecule has 5 rings (SSSR count). The number of para-hydroxylation sites is 1. The molecule has 1 aliphatic heterocycles. The highest BCUT2D eigenvalue weighted by molar-refractivity contribution is 5.94. The first-order valence-corrected chi connectivity index (χ1v) is 11.2. The van der Waals surface area contributed by atoms with E-state index in [-0.39, 0.29) is 5.91 Å². The molecule has 0 aliphatic carbocycles. The second kappa shape index (κ2) is 9.32. The molecule has 4 aromatic rings. The maximum absolute atomic E-state index is 12.6. The number of fused-ring (bicyclic) bond motifs is 1. The van der Waals surface area contributed by atoms with E-state index in [9.17, 15) is 4.79 Å². The number of hydrogen-bond donors (Lipinski definition) is 1. The summed E-state index contributed by atoms with van der Waals surface area (Å²) < 4.78 is 1.87. The number of carbonyl (C=O) groups excluding carboxylic acids is 1. The van der Waals surface area contributed by atoms with Gasteiger partial charge in [-0.1, -0.05) is 53.7 Å². The van der Waals surface area contributed by atoms with Gasteiger partial charge in [-0.15, -0.1) is 5.10 Å². The summed E-state index contributed by atoms with van der Waals surface area (Å²) in [5.41, 5.74) is 6.05. The van der Waals surface area contributed by atoms with Crippen LogP contribution in [-0.4, -0.2) is 38.9 Å². The zero-order chi connectivity index (χ0) is 21.8. The third kappa shape index (κ3) is 4.70. The molecular formula is C26H27N5O. The van der Waals surface area contributed by atoms with Gasteiger partial charge in [-0.05, 0) is 66.9 Å². The van der Waals surface area contributed by atoms with Gasteiger partial charge in [0.15, 0.2) is 0 Å². The number of benzene rings is 3. The zero-order valence-corrected chi connectivity index (χ0v) is 18.1. The summed E-state index contributed by atoms with van der Waals surface area (Å²) in [5.74, 6) is -0.0658. The summed E-state index contributed by atoms with van der Waals surface area (Å²) in [6.45, 7) is 4.56. The van der Waals surface area contributed by atoms with Crippen LogP contribution < -0.4 is 5.32 Å². The van der Waals surface area contributed by atoms with Crippen LogP contribution in [-0.2, 0) is 19.6 Å². The highest BCUT2D eigenvalue weighted by Gasteiger charge is 2.12. The second-order valence-electron chi connectivity index (χ2n) is 8.42.